The van der Waals surface area contributed by atoms with E-state index >= 15 is 0 Å². The monoisotopic (exact) mass is 328 g/mol. The summed E-state index contributed by atoms with van der Waals surface area (Å²) in [6, 6.07) is 6.57. The first-order valence-electron chi connectivity index (χ1n) is 6.85. The van der Waals surface area contributed by atoms with Crippen molar-refractivity contribution in [3.8, 4) is 5.75 Å². The summed E-state index contributed by atoms with van der Waals surface area (Å²) in [4.78, 5) is 2.17. The Bertz CT molecular complexity index is 382. The minimum atomic E-state index is 0.349. The molecule has 0 aromatic heterocycles. The van der Waals surface area contributed by atoms with Crippen LogP contribution in [0.3, 0.4) is 0 Å². The van der Waals surface area contributed by atoms with Crippen molar-refractivity contribution in [1.29, 1.82) is 0 Å². The second-order valence-corrected chi connectivity index (χ2v) is 5.82. The van der Waals surface area contributed by atoms with E-state index in [9.17, 15) is 0 Å². The first-order valence-corrected chi connectivity index (χ1v) is 7.64. The van der Waals surface area contributed by atoms with E-state index in [0.29, 0.717) is 6.04 Å². The van der Waals surface area contributed by atoms with Gasteiger partial charge in [-0.1, -0.05) is 28.9 Å². The smallest absolute Gasteiger partial charge is 0.120 e. The van der Waals surface area contributed by atoms with Gasteiger partial charge in [0.05, 0.1) is 6.61 Å². The largest absolute Gasteiger partial charge is 0.494 e. The maximum Gasteiger partial charge on any atom is 0.120 e. The van der Waals surface area contributed by atoms with Crippen molar-refractivity contribution in [3.05, 3.63) is 28.2 Å². The first-order chi connectivity index (χ1) is 9.04. The van der Waals surface area contributed by atoms with Gasteiger partial charge >= 0.3 is 0 Å². The molecule has 0 bridgehead atoms. The molecule has 0 saturated carbocycles. The van der Waals surface area contributed by atoms with Crippen LogP contribution in [0, 0.1) is 0 Å². The van der Waals surface area contributed by atoms with E-state index in [1.807, 2.05) is 6.07 Å². The van der Waals surface area contributed by atoms with E-state index in [1.165, 1.54) is 5.56 Å². The van der Waals surface area contributed by atoms with Crippen molar-refractivity contribution >= 4 is 15.9 Å². The zero-order valence-corrected chi connectivity index (χ0v) is 14.0. The summed E-state index contributed by atoms with van der Waals surface area (Å²) >= 11 is 3.62. The van der Waals surface area contributed by atoms with Crippen LogP contribution in [-0.4, -0.2) is 38.7 Å². The molecular weight excluding hydrogens is 304 g/mol. The fourth-order valence-corrected chi connectivity index (χ4v) is 2.64. The van der Waals surface area contributed by atoms with E-state index in [1.54, 1.807) is 0 Å². The summed E-state index contributed by atoms with van der Waals surface area (Å²) in [6.45, 7) is 7.06. The van der Waals surface area contributed by atoms with E-state index in [0.717, 1.165) is 36.3 Å². The van der Waals surface area contributed by atoms with Crippen LogP contribution in [0.2, 0.25) is 0 Å². The topological polar surface area (TPSA) is 24.5 Å². The highest BCUT2D eigenvalue weighted by atomic mass is 79.9. The molecule has 108 valence electrons. The van der Waals surface area contributed by atoms with E-state index in [-0.39, 0.29) is 0 Å². The lowest BCUT2D eigenvalue weighted by atomic mass is 10.1. The Morgan fingerprint density at radius 2 is 2.11 bits per heavy atom. The number of hydrogen-bond acceptors (Lipinski definition) is 3. The molecule has 1 rings (SSSR count). The Morgan fingerprint density at radius 1 is 1.37 bits per heavy atom. The van der Waals surface area contributed by atoms with Crippen LogP contribution in [0.1, 0.15) is 31.9 Å². The third-order valence-electron chi connectivity index (χ3n) is 2.97. The van der Waals surface area contributed by atoms with Crippen LogP contribution < -0.4 is 10.1 Å². The molecule has 1 atom stereocenters. The SMILES string of the molecule is CCNC(C)c1ccc(OCCCN(C)C)cc1Br. The Hall–Kier alpha value is -0.580. The lowest BCUT2D eigenvalue weighted by Crippen LogP contribution is -2.18. The summed E-state index contributed by atoms with van der Waals surface area (Å²) < 4.78 is 6.86. The number of hydrogen-bond donors (Lipinski definition) is 1. The molecule has 19 heavy (non-hydrogen) atoms. The third kappa shape index (κ3) is 5.93. The fourth-order valence-electron chi connectivity index (χ4n) is 1.94. The van der Waals surface area contributed by atoms with Gasteiger partial charge in [0.1, 0.15) is 5.75 Å². The van der Waals surface area contributed by atoms with Gasteiger partial charge in [-0.2, -0.15) is 0 Å². The number of rotatable bonds is 8. The Morgan fingerprint density at radius 3 is 2.68 bits per heavy atom. The number of halogens is 1. The maximum absolute atomic E-state index is 5.75. The number of nitrogens with zero attached hydrogens (tertiary/aromatic N) is 1. The van der Waals surface area contributed by atoms with Gasteiger partial charge in [-0.3, -0.25) is 0 Å². The van der Waals surface area contributed by atoms with E-state index in [2.05, 4.69) is 66.2 Å². The fraction of sp³-hybridized carbons (Fsp3) is 0.600. The molecule has 1 N–H and O–H groups in total. The van der Waals surface area contributed by atoms with E-state index < -0.39 is 0 Å². The van der Waals surface area contributed by atoms with Crippen molar-refractivity contribution in [2.24, 2.45) is 0 Å². The maximum atomic E-state index is 5.75. The van der Waals surface area contributed by atoms with Gasteiger partial charge in [0, 0.05) is 17.1 Å². The van der Waals surface area contributed by atoms with Gasteiger partial charge in [-0.05, 0) is 51.7 Å². The molecule has 0 saturated heterocycles. The minimum absolute atomic E-state index is 0.349. The molecule has 0 fully saturated rings. The number of benzene rings is 1. The zero-order valence-electron chi connectivity index (χ0n) is 12.4. The average molecular weight is 329 g/mol. The highest BCUT2D eigenvalue weighted by Gasteiger charge is 2.09. The van der Waals surface area contributed by atoms with Crippen molar-refractivity contribution in [3.63, 3.8) is 0 Å². The molecular formula is C15H25BrN2O. The third-order valence-corrected chi connectivity index (χ3v) is 3.65. The predicted molar refractivity (Wildman–Crippen MR) is 84.9 cm³/mol. The van der Waals surface area contributed by atoms with Crippen molar-refractivity contribution in [2.45, 2.75) is 26.3 Å². The summed E-state index contributed by atoms with van der Waals surface area (Å²) in [5.74, 6) is 0.929. The standard InChI is InChI=1S/C15H25BrN2O/c1-5-17-12(2)14-8-7-13(11-15(14)16)19-10-6-9-18(3)4/h7-8,11-12,17H,5-6,9-10H2,1-4H3. The van der Waals surface area contributed by atoms with Gasteiger partial charge in [0.15, 0.2) is 0 Å². The molecule has 4 heteroatoms. The van der Waals surface area contributed by atoms with Crippen molar-refractivity contribution in [2.75, 3.05) is 33.8 Å². The van der Waals surface area contributed by atoms with Gasteiger partial charge in [-0.25, -0.2) is 0 Å². The Kier molecular flexibility index (Phi) is 7.42. The van der Waals surface area contributed by atoms with Crippen molar-refractivity contribution in [1.82, 2.24) is 10.2 Å². The average Bonchev–Trinajstić information content (AvgIpc) is 2.34. The molecule has 1 unspecified atom stereocenters. The van der Waals surface area contributed by atoms with Crippen LogP contribution >= 0.6 is 15.9 Å². The molecule has 0 aliphatic heterocycles. The summed E-state index contributed by atoms with van der Waals surface area (Å²) in [5.41, 5.74) is 1.27. The van der Waals surface area contributed by atoms with Gasteiger partial charge in [0.2, 0.25) is 0 Å². The lowest BCUT2D eigenvalue weighted by molar-refractivity contribution is 0.281. The minimum Gasteiger partial charge on any atom is -0.494 e. The van der Waals surface area contributed by atoms with Gasteiger partial charge < -0.3 is 15.0 Å². The molecule has 1 aromatic rings. The second kappa shape index (κ2) is 8.56. The molecule has 0 aliphatic carbocycles. The molecule has 0 aliphatic rings. The highest BCUT2D eigenvalue weighted by Crippen LogP contribution is 2.27. The second-order valence-electron chi connectivity index (χ2n) is 4.97. The Balaban J connectivity index is 2.52. The molecule has 3 nitrogen and oxygen atoms in total. The molecule has 1 aromatic carbocycles. The molecule has 0 spiro atoms. The molecule has 0 amide bonds. The summed E-state index contributed by atoms with van der Waals surface area (Å²) in [5, 5.41) is 3.41. The highest BCUT2D eigenvalue weighted by molar-refractivity contribution is 9.10. The lowest BCUT2D eigenvalue weighted by Gasteiger charge is -2.16. The first kappa shape index (κ1) is 16.5. The number of nitrogens with one attached hydrogen (secondary N) is 1. The normalized spacial score (nSPS) is 12.7. The van der Waals surface area contributed by atoms with Crippen LogP contribution in [0.5, 0.6) is 5.75 Å². The van der Waals surface area contributed by atoms with Crippen molar-refractivity contribution < 1.29 is 4.74 Å². The number of ether oxygens (including phenoxy) is 1. The van der Waals surface area contributed by atoms with Gasteiger partial charge in [0.25, 0.3) is 0 Å². The van der Waals surface area contributed by atoms with E-state index in [4.69, 9.17) is 4.74 Å². The van der Waals surface area contributed by atoms with Crippen LogP contribution in [-0.2, 0) is 0 Å². The van der Waals surface area contributed by atoms with Crippen LogP contribution in [0.4, 0.5) is 0 Å². The summed E-state index contributed by atoms with van der Waals surface area (Å²) in [6.07, 6.45) is 1.04. The van der Waals surface area contributed by atoms with Gasteiger partial charge in [-0.15, -0.1) is 0 Å². The van der Waals surface area contributed by atoms with Crippen LogP contribution in [0.25, 0.3) is 0 Å². The molecule has 0 heterocycles. The Labute approximate surface area is 125 Å². The zero-order chi connectivity index (χ0) is 14.3. The molecule has 0 radical (unpaired) electrons. The predicted octanol–water partition coefficient (Wildman–Crippen LogP) is 3.45. The summed E-state index contributed by atoms with van der Waals surface area (Å²) in [7, 11) is 4.15. The van der Waals surface area contributed by atoms with Crippen LogP contribution in [0.15, 0.2) is 22.7 Å². The quantitative estimate of drug-likeness (QED) is 0.740.